The molecule has 0 radical (unpaired) electrons. The number of fused-ring (bicyclic) bond motifs is 2. The maximum Gasteiger partial charge on any atom is 0.311 e. The van der Waals surface area contributed by atoms with Gasteiger partial charge in [-0.1, -0.05) is 6.92 Å². The number of carbonyl (C=O) groups excluding carboxylic acids is 1. The number of ether oxygens (including phenoxy) is 1. The third-order valence-electron chi connectivity index (χ3n) is 4.15. The van der Waals surface area contributed by atoms with Gasteiger partial charge >= 0.3 is 5.97 Å². The highest BCUT2D eigenvalue weighted by Crippen LogP contribution is 2.48. The Kier molecular flexibility index (Phi) is 3.01. The predicted molar refractivity (Wildman–Crippen MR) is 58.1 cm³/mol. The summed E-state index contributed by atoms with van der Waals surface area (Å²) in [5.41, 5.74) is 6.08. The molecule has 5 atom stereocenters. The molecule has 86 valence electrons. The van der Waals surface area contributed by atoms with Crippen LogP contribution in [-0.2, 0) is 9.53 Å². The fourth-order valence-corrected chi connectivity index (χ4v) is 3.05. The van der Waals surface area contributed by atoms with Gasteiger partial charge in [-0.3, -0.25) is 4.79 Å². The van der Waals surface area contributed by atoms with E-state index in [0.717, 1.165) is 12.8 Å². The Balaban J connectivity index is 1.96. The Morgan fingerprint density at radius 2 is 2.13 bits per heavy atom. The van der Waals surface area contributed by atoms with E-state index in [1.807, 2.05) is 13.8 Å². The quantitative estimate of drug-likeness (QED) is 0.723. The molecule has 2 fully saturated rings. The normalized spacial score (nSPS) is 40.5. The lowest BCUT2D eigenvalue weighted by Crippen LogP contribution is -2.41. The summed E-state index contributed by atoms with van der Waals surface area (Å²) in [4.78, 5) is 11.9. The first-order valence-electron chi connectivity index (χ1n) is 6.09. The van der Waals surface area contributed by atoms with Gasteiger partial charge in [0.2, 0.25) is 0 Å². The van der Waals surface area contributed by atoms with Crippen molar-refractivity contribution in [2.24, 2.45) is 23.5 Å². The van der Waals surface area contributed by atoms with Gasteiger partial charge < -0.3 is 10.5 Å². The fraction of sp³-hybridized carbons (Fsp3) is 0.917. The van der Waals surface area contributed by atoms with Gasteiger partial charge in [0.15, 0.2) is 0 Å². The van der Waals surface area contributed by atoms with E-state index < -0.39 is 0 Å². The number of nitrogens with two attached hydrogens (primary N) is 1. The first kappa shape index (κ1) is 10.9. The zero-order chi connectivity index (χ0) is 11.0. The van der Waals surface area contributed by atoms with Crippen LogP contribution in [0.25, 0.3) is 0 Å². The molecule has 0 aromatic carbocycles. The lowest BCUT2D eigenvalue weighted by atomic mass is 9.85. The average Bonchev–Trinajstić information content (AvgIpc) is 2.77. The number of esters is 1. The molecule has 0 amide bonds. The van der Waals surface area contributed by atoms with E-state index in [-0.39, 0.29) is 24.0 Å². The van der Waals surface area contributed by atoms with Gasteiger partial charge in [0.05, 0.1) is 12.0 Å². The molecule has 2 saturated carbocycles. The van der Waals surface area contributed by atoms with Gasteiger partial charge in [-0.05, 0) is 44.4 Å². The molecule has 0 spiro atoms. The molecule has 5 unspecified atom stereocenters. The van der Waals surface area contributed by atoms with Crippen molar-refractivity contribution in [2.45, 2.75) is 51.7 Å². The maximum atomic E-state index is 11.9. The van der Waals surface area contributed by atoms with Crippen LogP contribution < -0.4 is 5.73 Å². The lowest BCUT2D eigenvalue weighted by Gasteiger charge is -2.27. The second-order valence-electron chi connectivity index (χ2n) is 5.09. The molecule has 2 aliphatic rings. The van der Waals surface area contributed by atoms with E-state index in [2.05, 4.69) is 0 Å². The van der Waals surface area contributed by atoms with Crippen LogP contribution in [0.5, 0.6) is 0 Å². The molecule has 0 aromatic rings. The van der Waals surface area contributed by atoms with E-state index in [4.69, 9.17) is 10.5 Å². The average molecular weight is 211 g/mol. The van der Waals surface area contributed by atoms with E-state index in [1.165, 1.54) is 12.8 Å². The molecule has 0 heterocycles. The second-order valence-corrected chi connectivity index (χ2v) is 5.09. The molecule has 2 rings (SSSR count). The van der Waals surface area contributed by atoms with Crippen LogP contribution in [0.4, 0.5) is 0 Å². The van der Waals surface area contributed by atoms with Gasteiger partial charge in [-0.25, -0.2) is 0 Å². The Hall–Kier alpha value is -0.570. The Morgan fingerprint density at radius 1 is 1.47 bits per heavy atom. The summed E-state index contributed by atoms with van der Waals surface area (Å²) in [6, 6.07) is 0.0558. The summed E-state index contributed by atoms with van der Waals surface area (Å²) < 4.78 is 5.39. The van der Waals surface area contributed by atoms with Gasteiger partial charge in [-0.2, -0.15) is 0 Å². The molecule has 0 aliphatic heterocycles. The van der Waals surface area contributed by atoms with Crippen molar-refractivity contribution < 1.29 is 9.53 Å². The molecule has 2 bridgehead atoms. The summed E-state index contributed by atoms with van der Waals surface area (Å²) in [7, 11) is 0. The molecule has 2 N–H and O–H groups in total. The van der Waals surface area contributed by atoms with Gasteiger partial charge in [-0.15, -0.1) is 0 Å². The molecular formula is C12H21NO2. The summed E-state index contributed by atoms with van der Waals surface area (Å²) in [5, 5.41) is 0. The van der Waals surface area contributed by atoms with Crippen LogP contribution in [0, 0.1) is 17.8 Å². The molecule has 3 heteroatoms. The Morgan fingerprint density at radius 3 is 2.67 bits per heavy atom. The van der Waals surface area contributed by atoms with Crippen molar-refractivity contribution in [3.05, 3.63) is 0 Å². The zero-order valence-electron chi connectivity index (χ0n) is 9.61. The van der Waals surface area contributed by atoms with E-state index in [0.29, 0.717) is 11.8 Å². The highest BCUT2D eigenvalue weighted by atomic mass is 16.5. The van der Waals surface area contributed by atoms with Crippen molar-refractivity contribution in [2.75, 3.05) is 0 Å². The number of rotatable bonds is 3. The molecule has 0 aromatic heterocycles. The van der Waals surface area contributed by atoms with Crippen LogP contribution in [-0.4, -0.2) is 18.1 Å². The van der Waals surface area contributed by atoms with Crippen molar-refractivity contribution >= 4 is 5.97 Å². The maximum absolute atomic E-state index is 11.9. The number of hydrogen-bond donors (Lipinski definition) is 1. The molecule has 2 aliphatic carbocycles. The summed E-state index contributed by atoms with van der Waals surface area (Å²) >= 11 is 0. The molecule has 3 nitrogen and oxygen atoms in total. The van der Waals surface area contributed by atoms with E-state index >= 15 is 0 Å². The van der Waals surface area contributed by atoms with Crippen LogP contribution in [0.3, 0.4) is 0 Å². The fourth-order valence-electron chi connectivity index (χ4n) is 3.05. The summed E-state index contributed by atoms with van der Waals surface area (Å²) in [5.74, 6) is 1.01. The van der Waals surface area contributed by atoms with Gasteiger partial charge in [0.1, 0.15) is 0 Å². The van der Waals surface area contributed by atoms with Gasteiger partial charge in [0, 0.05) is 6.04 Å². The summed E-state index contributed by atoms with van der Waals surface area (Å²) in [6.45, 7) is 3.97. The third-order valence-corrected chi connectivity index (χ3v) is 4.15. The topological polar surface area (TPSA) is 52.3 Å². The minimum Gasteiger partial charge on any atom is -0.462 e. The van der Waals surface area contributed by atoms with Crippen molar-refractivity contribution in [1.29, 1.82) is 0 Å². The SMILES string of the molecule is CCC(C)OC(=O)C1C2CCC(C2)C1N. The third kappa shape index (κ3) is 1.89. The van der Waals surface area contributed by atoms with Crippen molar-refractivity contribution in [1.82, 2.24) is 0 Å². The Labute approximate surface area is 91.4 Å². The standard InChI is InChI=1S/C12H21NO2/c1-3-7(2)15-12(14)10-8-4-5-9(6-8)11(10)13/h7-11H,3-6,13H2,1-2H3. The van der Waals surface area contributed by atoms with Crippen LogP contribution in [0.1, 0.15) is 39.5 Å². The minimum atomic E-state index is -0.0518. The van der Waals surface area contributed by atoms with Crippen LogP contribution >= 0.6 is 0 Å². The minimum absolute atomic E-state index is 0.0160. The first-order valence-corrected chi connectivity index (χ1v) is 6.09. The first-order chi connectivity index (χ1) is 7.13. The van der Waals surface area contributed by atoms with Crippen LogP contribution in [0.15, 0.2) is 0 Å². The van der Waals surface area contributed by atoms with Crippen LogP contribution in [0.2, 0.25) is 0 Å². The highest BCUT2D eigenvalue weighted by molar-refractivity contribution is 5.74. The highest BCUT2D eigenvalue weighted by Gasteiger charge is 2.50. The largest absolute Gasteiger partial charge is 0.462 e. The van der Waals surface area contributed by atoms with Crippen molar-refractivity contribution in [3.63, 3.8) is 0 Å². The molecule has 0 saturated heterocycles. The smallest absolute Gasteiger partial charge is 0.311 e. The lowest BCUT2D eigenvalue weighted by molar-refractivity contribution is -0.155. The van der Waals surface area contributed by atoms with Gasteiger partial charge in [0.25, 0.3) is 0 Å². The summed E-state index contributed by atoms with van der Waals surface area (Å²) in [6.07, 6.45) is 4.42. The zero-order valence-corrected chi connectivity index (χ0v) is 9.61. The second kappa shape index (κ2) is 4.12. The number of carbonyl (C=O) groups is 1. The van der Waals surface area contributed by atoms with E-state index in [9.17, 15) is 4.79 Å². The molecule has 15 heavy (non-hydrogen) atoms. The predicted octanol–water partition coefficient (Wildman–Crippen LogP) is 1.70. The molecular weight excluding hydrogens is 190 g/mol. The monoisotopic (exact) mass is 211 g/mol. The van der Waals surface area contributed by atoms with Crippen molar-refractivity contribution in [3.8, 4) is 0 Å². The van der Waals surface area contributed by atoms with E-state index in [1.54, 1.807) is 0 Å². The Bertz CT molecular complexity index is 252. The number of hydrogen-bond acceptors (Lipinski definition) is 3.